The van der Waals surface area contributed by atoms with Crippen molar-refractivity contribution in [2.75, 3.05) is 0 Å². The van der Waals surface area contributed by atoms with Crippen molar-refractivity contribution in [2.45, 2.75) is 45.1 Å². The molecule has 0 aromatic heterocycles. The fourth-order valence-corrected chi connectivity index (χ4v) is 1.40. The van der Waals surface area contributed by atoms with Crippen molar-refractivity contribution < 1.29 is 4.79 Å². The predicted molar refractivity (Wildman–Crippen MR) is 49.8 cm³/mol. The Kier molecular flexibility index (Phi) is 3.75. The topological polar surface area (TPSA) is 52.9 Å². The van der Waals surface area contributed by atoms with Crippen molar-refractivity contribution in [1.29, 1.82) is 5.26 Å². The molecule has 72 valence electrons. The molecule has 0 heterocycles. The van der Waals surface area contributed by atoms with Crippen LogP contribution in [0.3, 0.4) is 0 Å². The van der Waals surface area contributed by atoms with Crippen molar-refractivity contribution in [3.05, 3.63) is 0 Å². The average molecular weight is 180 g/mol. The summed E-state index contributed by atoms with van der Waals surface area (Å²) in [6, 6.07) is 2.39. The third-order valence-corrected chi connectivity index (χ3v) is 2.50. The van der Waals surface area contributed by atoms with Gasteiger partial charge in [-0.3, -0.25) is 4.79 Å². The molecule has 0 aliphatic heterocycles. The lowest BCUT2D eigenvalue weighted by Crippen LogP contribution is -2.42. The Balaban J connectivity index is 2.30. The Morgan fingerprint density at radius 1 is 1.69 bits per heavy atom. The number of hydrogen-bond donors (Lipinski definition) is 1. The molecule has 13 heavy (non-hydrogen) atoms. The predicted octanol–water partition coefficient (Wildman–Crippen LogP) is 1.59. The van der Waals surface area contributed by atoms with Gasteiger partial charge in [-0.15, -0.1) is 0 Å². The Morgan fingerprint density at radius 2 is 2.38 bits per heavy atom. The largest absolute Gasteiger partial charge is 0.352 e. The van der Waals surface area contributed by atoms with Crippen LogP contribution in [0.5, 0.6) is 0 Å². The van der Waals surface area contributed by atoms with E-state index in [0.29, 0.717) is 12.5 Å². The minimum Gasteiger partial charge on any atom is -0.352 e. The molecule has 1 aliphatic carbocycles. The van der Waals surface area contributed by atoms with Gasteiger partial charge in [-0.25, -0.2) is 0 Å². The summed E-state index contributed by atoms with van der Waals surface area (Å²) in [7, 11) is 0. The highest BCUT2D eigenvalue weighted by molar-refractivity contribution is 5.81. The minimum atomic E-state index is -0.439. The van der Waals surface area contributed by atoms with E-state index in [1.165, 1.54) is 6.42 Å². The highest BCUT2D eigenvalue weighted by Crippen LogP contribution is 2.18. The second-order valence-corrected chi connectivity index (χ2v) is 3.61. The number of carbonyl (C=O) groups is 1. The Labute approximate surface area is 79.1 Å². The van der Waals surface area contributed by atoms with Crippen LogP contribution in [0.15, 0.2) is 0 Å². The van der Waals surface area contributed by atoms with Gasteiger partial charge in [-0.2, -0.15) is 5.26 Å². The maximum absolute atomic E-state index is 11.4. The van der Waals surface area contributed by atoms with E-state index < -0.39 is 5.92 Å². The van der Waals surface area contributed by atoms with E-state index in [0.717, 1.165) is 19.3 Å². The summed E-state index contributed by atoms with van der Waals surface area (Å²) in [6.45, 7) is 1.99. The molecular formula is C10H16N2O. The van der Waals surface area contributed by atoms with Gasteiger partial charge in [0.05, 0.1) is 6.07 Å². The van der Waals surface area contributed by atoms with E-state index in [1.807, 2.05) is 13.0 Å². The van der Waals surface area contributed by atoms with Gasteiger partial charge in [0.15, 0.2) is 0 Å². The van der Waals surface area contributed by atoms with Crippen LogP contribution in [0.4, 0.5) is 0 Å². The van der Waals surface area contributed by atoms with Crippen LogP contribution in [0, 0.1) is 17.2 Å². The Bertz CT molecular complexity index is 215. The molecule has 0 spiro atoms. The van der Waals surface area contributed by atoms with Gasteiger partial charge in [0.2, 0.25) is 5.91 Å². The SMILES string of the molecule is CCCC(C#N)C(=O)NC1CCC1. The van der Waals surface area contributed by atoms with E-state index in [4.69, 9.17) is 5.26 Å². The number of hydrogen-bond acceptors (Lipinski definition) is 2. The number of rotatable bonds is 4. The molecule has 1 saturated carbocycles. The maximum Gasteiger partial charge on any atom is 0.237 e. The molecule has 1 aliphatic rings. The lowest BCUT2D eigenvalue weighted by molar-refractivity contribution is -0.124. The first-order chi connectivity index (χ1) is 6.27. The molecule has 0 radical (unpaired) electrons. The molecular weight excluding hydrogens is 164 g/mol. The first-order valence-corrected chi connectivity index (χ1v) is 4.98. The number of carbonyl (C=O) groups excluding carboxylic acids is 1. The van der Waals surface area contributed by atoms with Gasteiger partial charge < -0.3 is 5.32 Å². The normalized spacial score (nSPS) is 18.5. The lowest BCUT2D eigenvalue weighted by atomic mass is 9.92. The fourth-order valence-electron chi connectivity index (χ4n) is 1.40. The van der Waals surface area contributed by atoms with E-state index in [1.54, 1.807) is 0 Å². The third-order valence-electron chi connectivity index (χ3n) is 2.50. The molecule has 0 aromatic rings. The van der Waals surface area contributed by atoms with Gasteiger partial charge in [-0.05, 0) is 25.7 Å². The van der Waals surface area contributed by atoms with Crippen LogP contribution >= 0.6 is 0 Å². The second kappa shape index (κ2) is 4.86. The number of nitrogens with zero attached hydrogens (tertiary/aromatic N) is 1. The molecule has 0 bridgehead atoms. The molecule has 1 unspecified atom stereocenters. The molecule has 1 rings (SSSR count). The molecule has 0 saturated heterocycles. The first-order valence-electron chi connectivity index (χ1n) is 4.98. The van der Waals surface area contributed by atoms with Gasteiger partial charge >= 0.3 is 0 Å². The second-order valence-electron chi connectivity index (χ2n) is 3.61. The van der Waals surface area contributed by atoms with E-state index >= 15 is 0 Å². The van der Waals surface area contributed by atoms with Gasteiger partial charge in [0.1, 0.15) is 5.92 Å². The van der Waals surface area contributed by atoms with Crippen LogP contribution in [-0.4, -0.2) is 11.9 Å². The maximum atomic E-state index is 11.4. The van der Waals surface area contributed by atoms with Crippen molar-refractivity contribution >= 4 is 5.91 Å². The first kappa shape index (κ1) is 10.0. The fraction of sp³-hybridized carbons (Fsp3) is 0.800. The number of amides is 1. The van der Waals surface area contributed by atoms with Crippen LogP contribution < -0.4 is 5.32 Å². The van der Waals surface area contributed by atoms with E-state index in [2.05, 4.69) is 5.32 Å². The molecule has 1 fully saturated rings. The summed E-state index contributed by atoms with van der Waals surface area (Å²) in [5.41, 5.74) is 0. The van der Waals surface area contributed by atoms with Gasteiger partial charge in [-0.1, -0.05) is 13.3 Å². The number of nitriles is 1. The summed E-state index contributed by atoms with van der Waals surface area (Å²) < 4.78 is 0. The Morgan fingerprint density at radius 3 is 2.77 bits per heavy atom. The highest BCUT2D eigenvalue weighted by atomic mass is 16.1. The molecule has 1 N–H and O–H groups in total. The van der Waals surface area contributed by atoms with E-state index in [9.17, 15) is 4.79 Å². The van der Waals surface area contributed by atoms with Gasteiger partial charge in [0.25, 0.3) is 0 Å². The summed E-state index contributed by atoms with van der Waals surface area (Å²) >= 11 is 0. The van der Waals surface area contributed by atoms with Crippen LogP contribution in [0.25, 0.3) is 0 Å². The van der Waals surface area contributed by atoms with Gasteiger partial charge in [0, 0.05) is 6.04 Å². The number of nitrogens with one attached hydrogen (secondary N) is 1. The molecule has 0 aromatic carbocycles. The van der Waals surface area contributed by atoms with Crippen LogP contribution in [-0.2, 0) is 4.79 Å². The molecule has 3 heteroatoms. The average Bonchev–Trinajstić information content (AvgIpc) is 2.07. The summed E-state index contributed by atoms with van der Waals surface area (Å²) in [6.07, 6.45) is 4.92. The summed E-state index contributed by atoms with van der Waals surface area (Å²) in [5, 5.41) is 11.6. The zero-order valence-corrected chi connectivity index (χ0v) is 8.05. The zero-order chi connectivity index (χ0) is 9.68. The highest BCUT2D eigenvalue weighted by Gasteiger charge is 2.23. The summed E-state index contributed by atoms with van der Waals surface area (Å²) in [5.74, 6) is -0.514. The van der Waals surface area contributed by atoms with Crippen molar-refractivity contribution in [2.24, 2.45) is 5.92 Å². The summed E-state index contributed by atoms with van der Waals surface area (Å²) in [4.78, 5) is 11.4. The van der Waals surface area contributed by atoms with Crippen LogP contribution in [0.2, 0.25) is 0 Å². The van der Waals surface area contributed by atoms with Crippen molar-refractivity contribution in [3.63, 3.8) is 0 Å². The van der Waals surface area contributed by atoms with E-state index in [-0.39, 0.29) is 5.91 Å². The molecule has 1 amide bonds. The molecule has 3 nitrogen and oxygen atoms in total. The monoisotopic (exact) mass is 180 g/mol. The quantitative estimate of drug-likeness (QED) is 0.714. The van der Waals surface area contributed by atoms with Crippen molar-refractivity contribution in [3.8, 4) is 6.07 Å². The van der Waals surface area contributed by atoms with Crippen molar-refractivity contribution in [1.82, 2.24) is 5.32 Å². The minimum absolute atomic E-state index is 0.0750. The third kappa shape index (κ3) is 2.73. The van der Waals surface area contributed by atoms with Crippen LogP contribution in [0.1, 0.15) is 39.0 Å². The zero-order valence-electron chi connectivity index (χ0n) is 8.05. The Hall–Kier alpha value is -1.04. The smallest absolute Gasteiger partial charge is 0.237 e. The molecule has 1 atom stereocenters. The lowest BCUT2D eigenvalue weighted by Gasteiger charge is -2.27. The standard InChI is InChI=1S/C10H16N2O/c1-2-4-8(7-11)10(13)12-9-5-3-6-9/h8-9H,2-6H2,1H3,(H,12,13).